The first-order valence-corrected chi connectivity index (χ1v) is 17.5. The molecule has 0 aliphatic heterocycles. The lowest BCUT2D eigenvalue weighted by Gasteiger charge is -2.15. The van der Waals surface area contributed by atoms with Crippen molar-refractivity contribution in [2.45, 2.75) is 110 Å². The van der Waals surface area contributed by atoms with Gasteiger partial charge in [0, 0.05) is 19.8 Å². The highest BCUT2D eigenvalue weighted by atomic mass is 16.5. The molecule has 0 spiro atoms. The molecule has 0 N–H and O–H groups in total. The number of carbonyl (C=O) groups is 4. The molecule has 0 amide bonds. The van der Waals surface area contributed by atoms with E-state index in [1.165, 1.54) is 38.3 Å². The van der Waals surface area contributed by atoms with Crippen molar-refractivity contribution >= 4 is 23.9 Å². The molecule has 0 aliphatic rings. The minimum absolute atomic E-state index is 0.0282. The zero-order chi connectivity index (χ0) is 35.1. The molecule has 0 bridgehead atoms. The number of carbonyl (C=O) groups excluding carboxylic acids is 4. The standard InChI is InChI=1S/C41H50O8/c1-3-4-5-13-22-34(47-32(2)42)23-14-10-8-6-7-9-11-17-29-39(43)46-31-33-21-20-26-36(30-33)49-41(45)38-28-19-18-27-37(38)40(44)48-35-24-15-12-16-25-35/h10,12,14-16,18-21,24-28,30,34H,3-9,11,13,17,22-23,29,31H2,1-2H3/b14-10+. The van der Waals surface area contributed by atoms with Gasteiger partial charge in [0.2, 0.25) is 0 Å². The second kappa shape index (κ2) is 22.8. The van der Waals surface area contributed by atoms with Crippen molar-refractivity contribution in [3.63, 3.8) is 0 Å². The van der Waals surface area contributed by atoms with Crippen molar-refractivity contribution in [2.24, 2.45) is 0 Å². The molecule has 0 heterocycles. The Balaban J connectivity index is 1.31. The summed E-state index contributed by atoms with van der Waals surface area (Å²) in [5, 5.41) is 0. The number of rotatable bonds is 22. The van der Waals surface area contributed by atoms with Crippen molar-refractivity contribution in [1.29, 1.82) is 0 Å². The third-order valence-corrected chi connectivity index (χ3v) is 7.86. The topological polar surface area (TPSA) is 105 Å². The molecule has 49 heavy (non-hydrogen) atoms. The molecule has 0 aromatic heterocycles. The SMILES string of the molecule is CCCCCCC(C/C=C/CCCCCCCC(=O)OCc1cccc(OC(=O)c2ccccc2C(=O)Oc2ccccc2)c1)OC(C)=O. The summed E-state index contributed by atoms with van der Waals surface area (Å²) in [6.07, 6.45) is 16.9. The van der Waals surface area contributed by atoms with Gasteiger partial charge in [0.25, 0.3) is 0 Å². The van der Waals surface area contributed by atoms with Gasteiger partial charge in [0.05, 0.1) is 11.1 Å². The first-order valence-electron chi connectivity index (χ1n) is 17.5. The highest BCUT2D eigenvalue weighted by molar-refractivity contribution is 6.04. The van der Waals surface area contributed by atoms with Crippen LogP contribution in [0.1, 0.15) is 124 Å². The first-order chi connectivity index (χ1) is 23.9. The van der Waals surface area contributed by atoms with E-state index < -0.39 is 11.9 Å². The van der Waals surface area contributed by atoms with Gasteiger partial charge in [-0.2, -0.15) is 0 Å². The summed E-state index contributed by atoms with van der Waals surface area (Å²) in [5.41, 5.74) is 0.849. The number of hydrogen-bond donors (Lipinski definition) is 0. The highest BCUT2D eigenvalue weighted by Crippen LogP contribution is 2.20. The van der Waals surface area contributed by atoms with Gasteiger partial charge in [-0.05, 0) is 74.1 Å². The number of hydrogen-bond acceptors (Lipinski definition) is 8. The average Bonchev–Trinajstić information content (AvgIpc) is 3.10. The van der Waals surface area contributed by atoms with E-state index in [4.69, 9.17) is 18.9 Å². The number of allylic oxidation sites excluding steroid dienone is 1. The number of benzene rings is 3. The lowest BCUT2D eigenvalue weighted by molar-refractivity contribution is -0.147. The van der Waals surface area contributed by atoms with Crippen LogP contribution in [0.2, 0.25) is 0 Å². The highest BCUT2D eigenvalue weighted by Gasteiger charge is 2.20. The van der Waals surface area contributed by atoms with Gasteiger partial charge in [0.1, 0.15) is 24.2 Å². The number of unbranched alkanes of at least 4 members (excludes halogenated alkanes) is 8. The van der Waals surface area contributed by atoms with E-state index in [1.54, 1.807) is 60.7 Å². The van der Waals surface area contributed by atoms with E-state index >= 15 is 0 Å². The summed E-state index contributed by atoms with van der Waals surface area (Å²) in [4.78, 5) is 49.5. The molecule has 8 heteroatoms. The predicted molar refractivity (Wildman–Crippen MR) is 189 cm³/mol. The quantitative estimate of drug-likeness (QED) is 0.0450. The first kappa shape index (κ1) is 38.7. The molecule has 1 atom stereocenters. The molecule has 0 saturated carbocycles. The van der Waals surface area contributed by atoms with E-state index in [2.05, 4.69) is 19.1 Å². The molecule has 0 aliphatic carbocycles. The Bertz CT molecular complexity index is 1480. The Morgan fingerprint density at radius 2 is 1.31 bits per heavy atom. The number of esters is 4. The van der Waals surface area contributed by atoms with Crippen molar-refractivity contribution < 1.29 is 38.1 Å². The normalized spacial score (nSPS) is 11.6. The molecule has 1 unspecified atom stereocenters. The van der Waals surface area contributed by atoms with Gasteiger partial charge in [-0.25, -0.2) is 9.59 Å². The van der Waals surface area contributed by atoms with E-state index in [9.17, 15) is 19.2 Å². The fraction of sp³-hybridized carbons (Fsp3) is 0.415. The maximum absolute atomic E-state index is 13.0. The van der Waals surface area contributed by atoms with Gasteiger partial charge in [0.15, 0.2) is 0 Å². The lowest BCUT2D eigenvalue weighted by atomic mass is 10.1. The van der Waals surface area contributed by atoms with Crippen LogP contribution in [0, 0.1) is 0 Å². The summed E-state index contributed by atoms with van der Waals surface area (Å²) in [5.74, 6) is -1.21. The number of para-hydroxylation sites is 1. The van der Waals surface area contributed by atoms with Gasteiger partial charge in [-0.1, -0.05) is 100 Å². The number of ether oxygens (including phenoxy) is 4. The Hall–Kier alpha value is -4.72. The fourth-order valence-corrected chi connectivity index (χ4v) is 5.27. The van der Waals surface area contributed by atoms with Crippen LogP contribution in [0.15, 0.2) is 91.0 Å². The van der Waals surface area contributed by atoms with Crippen LogP contribution < -0.4 is 9.47 Å². The Morgan fingerprint density at radius 1 is 0.673 bits per heavy atom. The van der Waals surface area contributed by atoms with Gasteiger partial charge < -0.3 is 18.9 Å². The minimum Gasteiger partial charge on any atom is -0.462 e. The summed E-state index contributed by atoms with van der Waals surface area (Å²) in [6.45, 7) is 3.72. The van der Waals surface area contributed by atoms with Crippen LogP contribution in [0.3, 0.4) is 0 Å². The molecular weight excluding hydrogens is 620 g/mol. The molecule has 262 valence electrons. The van der Waals surface area contributed by atoms with Gasteiger partial charge in [-0.3, -0.25) is 9.59 Å². The Morgan fingerprint density at radius 3 is 2.02 bits per heavy atom. The van der Waals surface area contributed by atoms with Crippen LogP contribution in [0.25, 0.3) is 0 Å². The van der Waals surface area contributed by atoms with E-state index in [-0.39, 0.29) is 41.5 Å². The molecule has 0 fully saturated rings. The summed E-state index contributed by atoms with van der Waals surface area (Å²) >= 11 is 0. The zero-order valence-electron chi connectivity index (χ0n) is 28.9. The maximum atomic E-state index is 13.0. The van der Waals surface area contributed by atoms with Crippen molar-refractivity contribution in [1.82, 2.24) is 0 Å². The van der Waals surface area contributed by atoms with Gasteiger partial charge in [-0.15, -0.1) is 0 Å². The van der Waals surface area contributed by atoms with E-state index in [1.807, 2.05) is 6.07 Å². The fourth-order valence-electron chi connectivity index (χ4n) is 5.27. The second-order valence-corrected chi connectivity index (χ2v) is 12.0. The van der Waals surface area contributed by atoms with Crippen molar-refractivity contribution in [3.8, 4) is 11.5 Å². The van der Waals surface area contributed by atoms with Crippen LogP contribution in [-0.2, 0) is 25.7 Å². The zero-order valence-corrected chi connectivity index (χ0v) is 28.9. The van der Waals surface area contributed by atoms with Crippen molar-refractivity contribution in [3.05, 3.63) is 108 Å². The summed E-state index contributed by atoms with van der Waals surface area (Å²) in [7, 11) is 0. The molecule has 3 rings (SSSR count). The van der Waals surface area contributed by atoms with Crippen LogP contribution in [-0.4, -0.2) is 30.0 Å². The van der Waals surface area contributed by atoms with E-state index in [0.717, 1.165) is 57.8 Å². The summed E-state index contributed by atoms with van der Waals surface area (Å²) in [6, 6.07) is 21.7. The smallest absolute Gasteiger partial charge is 0.344 e. The molecular formula is C41H50O8. The van der Waals surface area contributed by atoms with Gasteiger partial charge >= 0.3 is 23.9 Å². The molecule has 8 nitrogen and oxygen atoms in total. The lowest BCUT2D eigenvalue weighted by Crippen LogP contribution is -2.17. The third kappa shape index (κ3) is 15.8. The third-order valence-electron chi connectivity index (χ3n) is 7.86. The maximum Gasteiger partial charge on any atom is 0.344 e. The molecule has 0 saturated heterocycles. The molecule has 0 radical (unpaired) electrons. The van der Waals surface area contributed by atoms with Crippen LogP contribution >= 0.6 is 0 Å². The second-order valence-electron chi connectivity index (χ2n) is 12.0. The minimum atomic E-state index is -0.702. The molecule has 3 aromatic rings. The molecule has 3 aromatic carbocycles. The average molecular weight is 671 g/mol. The summed E-state index contributed by atoms with van der Waals surface area (Å²) < 4.78 is 21.9. The van der Waals surface area contributed by atoms with E-state index in [0.29, 0.717) is 17.7 Å². The largest absolute Gasteiger partial charge is 0.462 e. The Kier molecular flexibility index (Phi) is 18.0. The van der Waals surface area contributed by atoms with Crippen molar-refractivity contribution in [2.75, 3.05) is 0 Å². The van der Waals surface area contributed by atoms with Crippen LogP contribution in [0.4, 0.5) is 0 Å². The predicted octanol–water partition coefficient (Wildman–Crippen LogP) is 9.75. The Labute approximate surface area is 290 Å². The van der Waals surface area contributed by atoms with Crippen LogP contribution in [0.5, 0.6) is 11.5 Å². The monoisotopic (exact) mass is 670 g/mol.